The van der Waals surface area contributed by atoms with Gasteiger partial charge in [-0.05, 0) is 42.3 Å². The number of nitrogens with zero attached hydrogens (tertiary/aromatic N) is 4. The van der Waals surface area contributed by atoms with Gasteiger partial charge in [-0.1, -0.05) is 42.5 Å². The zero-order chi connectivity index (χ0) is 21.9. The van der Waals surface area contributed by atoms with Gasteiger partial charge in [0.1, 0.15) is 11.6 Å². The lowest BCUT2D eigenvalue weighted by Gasteiger charge is -2.40. The molecule has 1 atom stereocenters. The van der Waals surface area contributed by atoms with Crippen molar-refractivity contribution in [3.63, 3.8) is 0 Å². The van der Waals surface area contributed by atoms with Crippen LogP contribution in [0, 0.1) is 12.7 Å². The Hall–Kier alpha value is -3.22. The zero-order valence-electron chi connectivity index (χ0n) is 18.5. The van der Waals surface area contributed by atoms with Gasteiger partial charge in [0.15, 0.2) is 0 Å². The summed E-state index contributed by atoms with van der Waals surface area (Å²) < 4.78 is 13.4. The third-order valence-corrected chi connectivity index (χ3v) is 6.20. The highest BCUT2D eigenvalue weighted by Crippen LogP contribution is 2.33. The molecular formula is C26H27ClFN5. The average Bonchev–Trinajstić information content (AvgIpc) is 3.26. The van der Waals surface area contributed by atoms with E-state index in [1.54, 1.807) is 0 Å². The number of halogens is 2. The fraction of sp³-hybridized carbons (Fsp3) is 0.231. The molecule has 170 valence electrons. The van der Waals surface area contributed by atoms with Gasteiger partial charge >= 0.3 is 0 Å². The highest BCUT2D eigenvalue weighted by Gasteiger charge is 2.29. The van der Waals surface area contributed by atoms with Gasteiger partial charge in [-0.25, -0.2) is 9.37 Å². The van der Waals surface area contributed by atoms with Crippen LogP contribution in [0.1, 0.15) is 22.9 Å². The third kappa shape index (κ3) is 4.77. The van der Waals surface area contributed by atoms with E-state index in [-0.39, 0.29) is 24.3 Å². The number of benzene rings is 2. The highest BCUT2D eigenvalue weighted by molar-refractivity contribution is 5.85. The predicted molar refractivity (Wildman–Crippen MR) is 132 cm³/mol. The molecule has 4 aromatic rings. The van der Waals surface area contributed by atoms with Crippen molar-refractivity contribution in [1.29, 1.82) is 0 Å². The van der Waals surface area contributed by atoms with Crippen LogP contribution in [0.25, 0.3) is 11.1 Å². The van der Waals surface area contributed by atoms with E-state index in [1.807, 2.05) is 30.6 Å². The van der Waals surface area contributed by atoms with E-state index in [0.717, 1.165) is 48.8 Å². The Kier molecular flexibility index (Phi) is 7.06. The summed E-state index contributed by atoms with van der Waals surface area (Å²) in [5.41, 5.74) is 5.61. The van der Waals surface area contributed by atoms with E-state index < -0.39 is 0 Å². The maximum Gasteiger partial charge on any atom is 0.136 e. The van der Waals surface area contributed by atoms with E-state index in [4.69, 9.17) is 4.98 Å². The van der Waals surface area contributed by atoms with Crippen molar-refractivity contribution in [2.45, 2.75) is 13.0 Å². The maximum atomic E-state index is 13.4. The van der Waals surface area contributed by atoms with Crippen molar-refractivity contribution >= 4 is 18.2 Å². The smallest absolute Gasteiger partial charge is 0.136 e. The van der Waals surface area contributed by atoms with Gasteiger partial charge < -0.3 is 4.90 Å². The topological polar surface area (TPSA) is 48.1 Å². The summed E-state index contributed by atoms with van der Waals surface area (Å²) in [4.78, 5) is 9.54. The standard InChI is InChI=1S/C26H26FN5.ClH/c1-19-24(18-29-30-19)25(21-6-3-2-4-7-21)31-14-16-32(17-15-31)26-23(8-5-13-28-26)20-9-11-22(27)12-10-20;/h2-13,18,25H,14-17H2,1H3,(H,29,30);1H. The van der Waals surface area contributed by atoms with Crippen LogP contribution in [-0.4, -0.2) is 46.3 Å². The lowest BCUT2D eigenvalue weighted by atomic mass is 9.97. The molecule has 1 fully saturated rings. The second kappa shape index (κ2) is 10.1. The second-order valence-corrected chi connectivity index (χ2v) is 8.17. The van der Waals surface area contributed by atoms with Crippen molar-refractivity contribution in [3.8, 4) is 11.1 Å². The predicted octanol–water partition coefficient (Wildman–Crippen LogP) is 5.25. The Balaban J connectivity index is 0.00000259. The van der Waals surface area contributed by atoms with Crippen molar-refractivity contribution in [3.05, 3.63) is 102 Å². The molecule has 2 aromatic heterocycles. The summed E-state index contributed by atoms with van der Waals surface area (Å²) in [6, 6.07) is 21.4. The van der Waals surface area contributed by atoms with Gasteiger partial charge in [-0.2, -0.15) is 5.10 Å². The Labute approximate surface area is 199 Å². The minimum atomic E-state index is -0.228. The van der Waals surface area contributed by atoms with Gasteiger partial charge in [-0.3, -0.25) is 10.00 Å². The molecule has 0 bridgehead atoms. The van der Waals surface area contributed by atoms with Gasteiger partial charge in [0.05, 0.1) is 12.2 Å². The summed E-state index contributed by atoms with van der Waals surface area (Å²) in [5.74, 6) is 0.726. The number of pyridine rings is 1. The van der Waals surface area contributed by atoms with E-state index in [9.17, 15) is 4.39 Å². The van der Waals surface area contributed by atoms with E-state index >= 15 is 0 Å². The quantitative estimate of drug-likeness (QED) is 0.439. The van der Waals surface area contributed by atoms with Crippen LogP contribution in [0.2, 0.25) is 0 Å². The first-order valence-corrected chi connectivity index (χ1v) is 11.0. The molecule has 1 unspecified atom stereocenters. The number of anilines is 1. The number of nitrogens with one attached hydrogen (secondary N) is 1. The molecule has 0 saturated carbocycles. The Morgan fingerprint density at radius 2 is 1.64 bits per heavy atom. The number of H-pyrrole nitrogens is 1. The summed E-state index contributed by atoms with van der Waals surface area (Å²) in [6.07, 6.45) is 3.78. The van der Waals surface area contributed by atoms with Gasteiger partial charge in [0.25, 0.3) is 0 Å². The molecule has 3 heterocycles. The number of rotatable bonds is 5. The molecule has 1 aliphatic rings. The molecule has 7 heteroatoms. The average molecular weight is 464 g/mol. The number of aromatic amines is 1. The summed E-state index contributed by atoms with van der Waals surface area (Å²) in [5, 5.41) is 7.38. The molecule has 5 nitrogen and oxygen atoms in total. The maximum absolute atomic E-state index is 13.4. The number of piperazine rings is 1. The Morgan fingerprint density at radius 3 is 2.30 bits per heavy atom. The van der Waals surface area contributed by atoms with Gasteiger partial charge in [-0.15, -0.1) is 12.4 Å². The first-order valence-electron chi connectivity index (χ1n) is 11.0. The van der Waals surface area contributed by atoms with Crippen molar-refractivity contribution in [1.82, 2.24) is 20.1 Å². The Morgan fingerprint density at radius 1 is 0.909 bits per heavy atom. The van der Waals surface area contributed by atoms with Crippen LogP contribution < -0.4 is 4.90 Å². The molecule has 0 radical (unpaired) electrons. The van der Waals surface area contributed by atoms with Crippen LogP contribution in [0.3, 0.4) is 0 Å². The molecule has 1 aliphatic heterocycles. The first-order chi connectivity index (χ1) is 15.7. The molecule has 33 heavy (non-hydrogen) atoms. The second-order valence-electron chi connectivity index (χ2n) is 8.17. The summed E-state index contributed by atoms with van der Waals surface area (Å²) >= 11 is 0. The molecular weight excluding hydrogens is 437 g/mol. The number of aryl methyl sites for hydroxylation is 1. The number of hydrogen-bond acceptors (Lipinski definition) is 4. The number of aromatic nitrogens is 3. The van der Waals surface area contributed by atoms with Crippen LogP contribution in [-0.2, 0) is 0 Å². The summed E-state index contributed by atoms with van der Waals surface area (Å²) in [6.45, 7) is 5.63. The normalized spacial score (nSPS) is 15.2. The van der Waals surface area contributed by atoms with Crippen molar-refractivity contribution in [2.75, 3.05) is 31.1 Å². The minimum absolute atomic E-state index is 0. The highest BCUT2D eigenvalue weighted by atomic mass is 35.5. The Bertz CT molecular complexity index is 1170. The van der Waals surface area contributed by atoms with Crippen LogP contribution >= 0.6 is 12.4 Å². The van der Waals surface area contributed by atoms with Crippen molar-refractivity contribution in [2.24, 2.45) is 0 Å². The SMILES string of the molecule is Cc1[nH]ncc1C(c1ccccc1)N1CCN(c2ncccc2-c2ccc(F)cc2)CC1.Cl. The zero-order valence-corrected chi connectivity index (χ0v) is 19.3. The van der Waals surface area contributed by atoms with Crippen molar-refractivity contribution < 1.29 is 4.39 Å². The van der Waals surface area contributed by atoms with Crippen LogP contribution in [0.5, 0.6) is 0 Å². The minimum Gasteiger partial charge on any atom is -0.354 e. The molecule has 1 N–H and O–H groups in total. The molecule has 2 aromatic carbocycles. The lowest BCUT2D eigenvalue weighted by molar-refractivity contribution is 0.211. The monoisotopic (exact) mass is 463 g/mol. The van der Waals surface area contributed by atoms with Crippen LogP contribution in [0.15, 0.2) is 79.1 Å². The van der Waals surface area contributed by atoms with E-state index in [2.05, 4.69) is 63.3 Å². The van der Waals surface area contributed by atoms with E-state index in [0.29, 0.717) is 0 Å². The fourth-order valence-electron chi connectivity index (χ4n) is 4.55. The fourth-order valence-corrected chi connectivity index (χ4v) is 4.55. The van der Waals surface area contributed by atoms with E-state index in [1.165, 1.54) is 23.3 Å². The van der Waals surface area contributed by atoms with Gasteiger partial charge in [0, 0.05) is 49.2 Å². The van der Waals surface area contributed by atoms with Gasteiger partial charge in [0.2, 0.25) is 0 Å². The third-order valence-electron chi connectivity index (χ3n) is 6.20. The lowest BCUT2D eigenvalue weighted by Crippen LogP contribution is -2.48. The first kappa shape index (κ1) is 23.0. The molecule has 1 saturated heterocycles. The largest absolute Gasteiger partial charge is 0.354 e. The molecule has 0 aliphatic carbocycles. The summed E-state index contributed by atoms with van der Waals surface area (Å²) in [7, 11) is 0. The van der Waals surface area contributed by atoms with Crippen LogP contribution in [0.4, 0.5) is 10.2 Å². The molecule has 0 spiro atoms. The molecule has 5 rings (SSSR count). The molecule has 0 amide bonds. The number of hydrogen-bond donors (Lipinski definition) is 1.